The largest absolute Gasteiger partial charge is 0.298 e. The fourth-order valence-corrected chi connectivity index (χ4v) is 4.45. The van der Waals surface area contributed by atoms with E-state index in [1.807, 2.05) is 35.7 Å². The Morgan fingerprint density at radius 1 is 1.32 bits per heavy atom. The van der Waals surface area contributed by atoms with E-state index in [4.69, 9.17) is 10.1 Å². The lowest BCUT2D eigenvalue weighted by atomic mass is 10.1. The van der Waals surface area contributed by atoms with Crippen LogP contribution in [-0.4, -0.2) is 21.8 Å². The highest BCUT2D eigenvalue weighted by Gasteiger charge is 2.34. The summed E-state index contributed by atoms with van der Waals surface area (Å²) in [4.78, 5) is 17.7. The van der Waals surface area contributed by atoms with E-state index in [-0.39, 0.29) is 12.1 Å². The smallest absolute Gasteiger partial charge is 0.276 e. The number of carbonyl (C=O) groups is 1. The number of para-hydroxylation sites is 1. The molecule has 0 bridgehead atoms. The van der Waals surface area contributed by atoms with Crippen LogP contribution >= 0.6 is 23.1 Å². The average Bonchev–Trinajstić information content (AvgIpc) is 3.15. The molecule has 5 nitrogen and oxygen atoms in total. The van der Waals surface area contributed by atoms with Gasteiger partial charge >= 0.3 is 0 Å². The fourth-order valence-electron chi connectivity index (χ4n) is 2.84. The summed E-state index contributed by atoms with van der Waals surface area (Å²) in [6, 6.07) is 9.78. The number of hydrogen-bond donors (Lipinski definition) is 1. The lowest BCUT2D eigenvalue weighted by Crippen LogP contribution is -2.50. The number of rotatable bonds is 4. The summed E-state index contributed by atoms with van der Waals surface area (Å²) in [5.41, 5.74) is 1.62. The highest BCUT2D eigenvalue weighted by atomic mass is 32.2. The summed E-state index contributed by atoms with van der Waals surface area (Å²) in [5, 5.41) is 15.8. The molecule has 1 amide bonds. The van der Waals surface area contributed by atoms with Crippen molar-refractivity contribution in [1.82, 2.24) is 10.3 Å². The summed E-state index contributed by atoms with van der Waals surface area (Å²) < 4.78 is 0. The van der Waals surface area contributed by atoms with Gasteiger partial charge in [0, 0.05) is 16.5 Å². The van der Waals surface area contributed by atoms with Gasteiger partial charge in [-0.25, -0.2) is 5.01 Å². The molecule has 4 rings (SSSR count). The Balaban J connectivity index is 1.82. The lowest BCUT2D eigenvalue weighted by molar-refractivity contribution is -0.116. The first-order valence-electron chi connectivity index (χ1n) is 8.29. The maximum Gasteiger partial charge on any atom is 0.276 e. The van der Waals surface area contributed by atoms with Crippen LogP contribution in [0, 0.1) is 0 Å². The minimum Gasteiger partial charge on any atom is -0.298 e. The molecule has 0 fully saturated rings. The molecular formula is C18H18N4OS2. The maximum atomic E-state index is 12.8. The molecule has 0 aliphatic carbocycles. The highest BCUT2D eigenvalue weighted by molar-refractivity contribution is 8.13. The molecule has 2 aliphatic rings. The molecule has 3 heterocycles. The van der Waals surface area contributed by atoms with E-state index in [0.29, 0.717) is 10.9 Å². The van der Waals surface area contributed by atoms with E-state index in [0.717, 1.165) is 34.7 Å². The predicted molar refractivity (Wildman–Crippen MR) is 102 cm³/mol. The molecule has 1 aromatic heterocycles. The number of nitrogens with zero attached hydrogens (tertiary/aromatic N) is 3. The molecule has 1 aromatic carbocycles. The molecule has 1 atom stereocenters. The Kier molecular flexibility index (Phi) is 4.59. The molecule has 0 radical (unpaired) electrons. The van der Waals surface area contributed by atoms with Gasteiger partial charge in [-0.3, -0.25) is 15.1 Å². The number of nitrogens with one attached hydrogen (secondary N) is 1. The van der Waals surface area contributed by atoms with Crippen molar-refractivity contribution >= 4 is 39.9 Å². The van der Waals surface area contributed by atoms with Gasteiger partial charge in [-0.15, -0.1) is 5.10 Å². The molecule has 0 unspecified atom stereocenters. The Morgan fingerprint density at radius 3 is 3.00 bits per heavy atom. The quantitative estimate of drug-likeness (QED) is 0.841. The number of thioether (sulfide) groups is 1. The molecule has 25 heavy (non-hydrogen) atoms. The topological polar surface area (TPSA) is 57.1 Å². The van der Waals surface area contributed by atoms with Crippen molar-refractivity contribution in [2.45, 2.75) is 25.9 Å². The molecule has 0 saturated heterocycles. The monoisotopic (exact) mass is 370 g/mol. The number of benzene rings is 1. The third-order valence-corrected chi connectivity index (χ3v) is 5.74. The summed E-state index contributed by atoms with van der Waals surface area (Å²) in [6.45, 7) is 2.15. The zero-order valence-corrected chi connectivity index (χ0v) is 15.4. The Bertz CT molecular complexity index is 936. The number of amides is 1. The maximum absolute atomic E-state index is 12.8. The number of hydrazone groups is 1. The first kappa shape index (κ1) is 16.4. The van der Waals surface area contributed by atoms with Crippen molar-refractivity contribution in [2.75, 3.05) is 5.75 Å². The Labute approximate surface area is 154 Å². The fraction of sp³-hybridized carbons (Fsp3) is 0.278. The third kappa shape index (κ3) is 3.09. The predicted octanol–water partition coefficient (Wildman–Crippen LogP) is 2.42. The average molecular weight is 371 g/mol. The molecule has 2 aliphatic heterocycles. The molecule has 0 spiro atoms. The normalized spacial score (nSPS) is 18.8. The van der Waals surface area contributed by atoms with Crippen LogP contribution in [0.5, 0.6) is 0 Å². The van der Waals surface area contributed by atoms with Gasteiger partial charge in [-0.05, 0) is 29.3 Å². The Morgan fingerprint density at radius 2 is 2.20 bits per heavy atom. The van der Waals surface area contributed by atoms with Crippen LogP contribution in [0.25, 0.3) is 5.70 Å². The van der Waals surface area contributed by atoms with Gasteiger partial charge in [0.1, 0.15) is 5.70 Å². The van der Waals surface area contributed by atoms with E-state index in [2.05, 4.69) is 17.6 Å². The van der Waals surface area contributed by atoms with Gasteiger partial charge in [0.15, 0.2) is 11.3 Å². The van der Waals surface area contributed by atoms with Crippen molar-refractivity contribution in [3.63, 3.8) is 0 Å². The minimum absolute atomic E-state index is 0.114. The molecule has 7 heteroatoms. The van der Waals surface area contributed by atoms with Gasteiger partial charge in [0.25, 0.3) is 5.91 Å². The van der Waals surface area contributed by atoms with E-state index >= 15 is 0 Å². The van der Waals surface area contributed by atoms with Gasteiger partial charge in [-0.2, -0.15) is 11.3 Å². The first-order chi connectivity index (χ1) is 12.3. The summed E-state index contributed by atoms with van der Waals surface area (Å²) >= 11 is 3.21. The second-order valence-corrected chi connectivity index (χ2v) is 7.69. The molecular weight excluding hydrogens is 352 g/mol. The first-order valence-corrected chi connectivity index (χ1v) is 10.2. The number of unbranched alkanes of at least 4 members (excludes halogenated alkanes) is 1. The van der Waals surface area contributed by atoms with Gasteiger partial charge in [0.05, 0.1) is 5.36 Å². The summed E-state index contributed by atoms with van der Waals surface area (Å²) in [7, 11) is 0. The second-order valence-electron chi connectivity index (χ2n) is 5.83. The van der Waals surface area contributed by atoms with E-state index in [9.17, 15) is 4.79 Å². The van der Waals surface area contributed by atoms with Gasteiger partial charge in [0.2, 0.25) is 0 Å². The molecule has 1 N–H and O–H groups in total. The van der Waals surface area contributed by atoms with Crippen molar-refractivity contribution in [2.24, 2.45) is 10.1 Å². The SMILES string of the molecule is CCCCSC1=NN2C(=c3ccccc3=N[C@H]2c2ccsc2)C(=O)N1. The van der Waals surface area contributed by atoms with Crippen LogP contribution in [0.2, 0.25) is 0 Å². The summed E-state index contributed by atoms with van der Waals surface area (Å²) in [6.07, 6.45) is 1.91. The van der Waals surface area contributed by atoms with Crippen molar-refractivity contribution in [3.8, 4) is 0 Å². The van der Waals surface area contributed by atoms with Crippen LogP contribution in [0.3, 0.4) is 0 Å². The zero-order valence-electron chi connectivity index (χ0n) is 13.8. The van der Waals surface area contributed by atoms with Crippen molar-refractivity contribution < 1.29 is 4.79 Å². The van der Waals surface area contributed by atoms with Crippen molar-refractivity contribution in [3.05, 3.63) is 57.2 Å². The third-order valence-electron chi connectivity index (χ3n) is 4.09. The van der Waals surface area contributed by atoms with Gasteiger partial charge in [-0.1, -0.05) is 43.3 Å². The van der Waals surface area contributed by atoms with Gasteiger partial charge < -0.3 is 0 Å². The Hall–Kier alpha value is -2.12. The number of fused-ring (bicyclic) bond motifs is 2. The second kappa shape index (κ2) is 7.01. The van der Waals surface area contributed by atoms with Crippen LogP contribution in [0.15, 0.2) is 51.2 Å². The summed E-state index contributed by atoms with van der Waals surface area (Å²) in [5.74, 6) is 0.826. The van der Waals surface area contributed by atoms with E-state index in [1.54, 1.807) is 28.1 Å². The zero-order chi connectivity index (χ0) is 17.2. The number of hydrogen-bond acceptors (Lipinski definition) is 6. The standard InChI is InChI=1S/C18H18N4OS2/c1-2-3-9-25-18-20-17(23)15-13-6-4-5-7-14(13)19-16(22(15)21-18)12-8-10-24-11-12/h4-8,10-11,16H,2-3,9H2,1H3,(H,20,21,23)/t16-/m1/s1. The lowest BCUT2D eigenvalue weighted by Gasteiger charge is -2.33. The highest BCUT2D eigenvalue weighted by Crippen LogP contribution is 2.31. The van der Waals surface area contributed by atoms with Crippen molar-refractivity contribution in [1.29, 1.82) is 0 Å². The minimum atomic E-state index is -0.302. The van der Waals surface area contributed by atoms with Crippen LogP contribution in [0.1, 0.15) is 31.5 Å². The number of amidine groups is 1. The van der Waals surface area contributed by atoms with E-state index in [1.165, 1.54) is 0 Å². The molecule has 128 valence electrons. The molecule has 2 aromatic rings. The number of carbonyl (C=O) groups excluding carboxylic acids is 1. The van der Waals surface area contributed by atoms with Crippen LogP contribution < -0.4 is 15.9 Å². The number of thiophene rings is 1. The van der Waals surface area contributed by atoms with Crippen LogP contribution in [-0.2, 0) is 4.79 Å². The van der Waals surface area contributed by atoms with Crippen LogP contribution in [0.4, 0.5) is 0 Å². The van der Waals surface area contributed by atoms with E-state index < -0.39 is 0 Å². The molecule has 0 saturated carbocycles.